The summed E-state index contributed by atoms with van der Waals surface area (Å²) < 4.78 is 1.59. The van der Waals surface area contributed by atoms with Gasteiger partial charge in [-0.05, 0) is 28.3 Å². The molecule has 0 unspecified atom stereocenters. The Morgan fingerprint density at radius 3 is 2.68 bits per heavy atom. The molecule has 136 valence electrons. The number of hydrogen-bond acceptors (Lipinski definition) is 4. The van der Waals surface area contributed by atoms with Gasteiger partial charge in [0, 0.05) is 51.0 Å². The Morgan fingerprint density at radius 2 is 2.04 bits per heavy atom. The largest absolute Gasteiger partial charge is 0.340 e. The summed E-state index contributed by atoms with van der Waals surface area (Å²) in [5.74, 6) is 0.476. The number of thiophene rings is 1. The van der Waals surface area contributed by atoms with Gasteiger partial charge in [-0.25, -0.2) is 0 Å². The average molecular weight is 362 g/mol. The van der Waals surface area contributed by atoms with Gasteiger partial charge in [0.1, 0.15) is 0 Å². The summed E-state index contributed by atoms with van der Waals surface area (Å²) in [6, 6.07) is 3.70. The molecule has 25 heavy (non-hydrogen) atoms. The summed E-state index contributed by atoms with van der Waals surface area (Å²) in [4.78, 5) is 28.7. The fraction of sp³-hybridized carbons (Fsp3) is 0.556. The maximum Gasteiger partial charge on any atom is 0.266 e. The fourth-order valence-corrected chi connectivity index (χ4v) is 3.81. The first kappa shape index (κ1) is 17.9. The summed E-state index contributed by atoms with van der Waals surface area (Å²) in [6.07, 6.45) is 0.269. The molecular weight excluding hydrogens is 336 g/mol. The van der Waals surface area contributed by atoms with Crippen LogP contribution in [0.1, 0.15) is 25.1 Å². The van der Waals surface area contributed by atoms with Crippen molar-refractivity contribution in [2.75, 3.05) is 26.2 Å². The number of rotatable bonds is 6. The number of amides is 1. The predicted octanol–water partition coefficient (Wildman–Crippen LogP) is 1.78. The van der Waals surface area contributed by atoms with Crippen LogP contribution >= 0.6 is 11.3 Å². The van der Waals surface area contributed by atoms with E-state index in [0.29, 0.717) is 18.2 Å². The van der Waals surface area contributed by atoms with Crippen molar-refractivity contribution in [1.29, 1.82) is 0 Å². The van der Waals surface area contributed by atoms with E-state index in [4.69, 9.17) is 0 Å². The third-order valence-corrected chi connectivity index (χ3v) is 5.18. The second-order valence-electron chi connectivity index (χ2n) is 7.09. The number of carbonyl (C=O) groups is 1. The molecule has 7 heteroatoms. The zero-order chi connectivity index (χ0) is 17.8. The van der Waals surface area contributed by atoms with E-state index in [9.17, 15) is 9.59 Å². The number of nitrogens with zero attached hydrogens (tertiary/aromatic N) is 3. The zero-order valence-electron chi connectivity index (χ0n) is 14.9. The summed E-state index contributed by atoms with van der Waals surface area (Å²) in [5, 5.41) is 7.34. The lowest BCUT2D eigenvalue weighted by atomic mass is 10.2. The molecule has 3 rings (SSSR count). The normalized spacial score (nSPS) is 15.9. The molecule has 6 nitrogen and oxygen atoms in total. The van der Waals surface area contributed by atoms with Crippen LogP contribution < -0.4 is 5.56 Å². The molecule has 0 bridgehead atoms. The second-order valence-corrected chi connectivity index (χ2v) is 7.87. The van der Waals surface area contributed by atoms with Gasteiger partial charge in [-0.2, -0.15) is 11.3 Å². The van der Waals surface area contributed by atoms with Crippen LogP contribution in [0, 0.1) is 5.92 Å². The Hall–Kier alpha value is -1.86. The minimum atomic E-state index is -0.0583. The molecule has 0 spiro atoms. The smallest absolute Gasteiger partial charge is 0.266 e. The quantitative estimate of drug-likeness (QED) is 0.852. The van der Waals surface area contributed by atoms with Crippen molar-refractivity contribution in [2.45, 2.75) is 33.4 Å². The highest BCUT2D eigenvalue weighted by Crippen LogP contribution is 2.12. The van der Waals surface area contributed by atoms with Gasteiger partial charge in [-0.3, -0.25) is 24.3 Å². The molecule has 0 radical (unpaired) electrons. The van der Waals surface area contributed by atoms with Gasteiger partial charge in [0.15, 0.2) is 0 Å². The number of aromatic nitrogens is 2. The summed E-state index contributed by atoms with van der Waals surface area (Å²) in [6.45, 7) is 9.02. The molecule has 1 aliphatic heterocycles. The van der Waals surface area contributed by atoms with E-state index in [2.05, 4.69) is 40.7 Å². The predicted molar refractivity (Wildman–Crippen MR) is 99.8 cm³/mol. The standard InChI is InChI=1S/C18H26N4O2S/c1-14(2)11-22-18(24)10-16(19-22)9-17(23)21-6-4-20(5-7-21)12-15-3-8-25-13-15/h3,8,10,13-14,19H,4-7,9,11-12H2,1-2H3. The van der Waals surface area contributed by atoms with E-state index < -0.39 is 0 Å². The molecule has 1 N–H and O–H groups in total. The first-order chi connectivity index (χ1) is 12.0. The lowest BCUT2D eigenvalue weighted by Gasteiger charge is -2.34. The van der Waals surface area contributed by atoms with Crippen LogP contribution in [0.15, 0.2) is 27.7 Å². The van der Waals surface area contributed by atoms with Crippen molar-refractivity contribution >= 4 is 17.2 Å². The van der Waals surface area contributed by atoms with Gasteiger partial charge in [-0.15, -0.1) is 0 Å². The molecular formula is C18H26N4O2S. The highest BCUT2D eigenvalue weighted by atomic mass is 32.1. The number of aromatic amines is 1. The minimum Gasteiger partial charge on any atom is -0.340 e. The summed E-state index contributed by atoms with van der Waals surface area (Å²) >= 11 is 1.72. The van der Waals surface area contributed by atoms with Crippen LogP contribution in [0.2, 0.25) is 0 Å². The highest BCUT2D eigenvalue weighted by molar-refractivity contribution is 7.07. The van der Waals surface area contributed by atoms with Gasteiger partial charge >= 0.3 is 0 Å². The third kappa shape index (κ3) is 4.83. The summed E-state index contributed by atoms with van der Waals surface area (Å²) in [7, 11) is 0. The van der Waals surface area contributed by atoms with Crippen molar-refractivity contribution in [2.24, 2.45) is 5.92 Å². The summed E-state index contributed by atoms with van der Waals surface area (Å²) in [5.41, 5.74) is 1.99. The van der Waals surface area contributed by atoms with Crippen molar-refractivity contribution in [3.05, 3.63) is 44.5 Å². The Kier molecular flexibility index (Phi) is 5.75. The highest BCUT2D eigenvalue weighted by Gasteiger charge is 2.22. The van der Waals surface area contributed by atoms with Crippen molar-refractivity contribution in [1.82, 2.24) is 19.6 Å². The second kappa shape index (κ2) is 8.01. The topological polar surface area (TPSA) is 61.3 Å². The first-order valence-electron chi connectivity index (χ1n) is 8.81. The number of carbonyl (C=O) groups excluding carboxylic acids is 1. The van der Waals surface area contributed by atoms with E-state index in [1.165, 1.54) is 5.56 Å². The van der Waals surface area contributed by atoms with E-state index in [-0.39, 0.29) is 17.9 Å². The van der Waals surface area contributed by atoms with E-state index in [1.807, 2.05) is 4.90 Å². The van der Waals surface area contributed by atoms with E-state index in [0.717, 1.165) is 32.7 Å². The molecule has 0 aliphatic carbocycles. The van der Waals surface area contributed by atoms with Crippen LogP contribution in [-0.2, 0) is 24.3 Å². The number of piperazine rings is 1. The van der Waals surface area contributed by atoms with Crippen LogP contribution in [0.5, 0.6) is 0 Å². The Labute approximate surface area is 152 Å². The van der Waals surface area contributed by atoms with E-state index >= 15 is 0 Å². The van der Waals surface area contributed by atoms with Crippen molar-refractivity contribution < 1.29 is 4.79 Å². The lowest BCUT2D eigenvalue weighted by molar-refractivity contribution is -0.132. The molecule has 2 aromatic heterocycles. The monoisotopic (exact) mass is 362 g/mol. The molecule has 0 atom stereocenters. The van der Waals surface area contributed by atoms with Crippen LogP contribution in [0.3, 0.4) is 0 Å². The first-order valence-corrected chi connectivity index (χ1v) is 9.75. The SMILES string of the molecule is CC(C)Cn1[nH]c(CC(=O)N2CCN(Cc3ccsc3)CC2)cc1=O. The molecule has 1 fully saturated rings. The van der Waals surface area contributed by atoms with Gasteiger partial charge in [0.2, 0.25) is 5.91 Å². The maximum atomic E-state index is 12.5. The van der Waals surface area contributed by atoms with Crippen LogP contribution in [0.4, 0.5) is 0 Å². The Bertz CT molecular complexity index is 739. The van der Waals surface area contributed by atoms with Gasteiger partial charge in [0.25, 0.3) is 5.56 Å². The lowest BCUT2D eigenvalue weighted by Crippen LogP contribution is -2.48. The zero-order valence-corrected chi connectivity index (χ0v) is 15.7. The molecule has 1 saturated heterocycles. The van der Waals surface area contributed by atoms with Crippen molar-refractivity contribution in [3.8, 4) is 0 Å². The molecule has 1 amide bonds. The van der Waals surface area contributed by atoms with Crippen LogP contribution in [-0.4, -0.2) is 51.7 Å². The van der Waals surface area contributed by atoms with Gasteiger partial charge in [-0.1, -0.05) is 13.8 Å². The average Bonchev–Trinajstić information content (AvgIpc) is 3.18. The van der Waals surface area contributed by atoms with Crippen LogP contribution in [0.25, 0.3) is 0 Å². The molecule has 0 aromatic carbocycles. The van der Waals surface area contributed by atoms with Gasteiger partial charge in [0.05, 0.1) is 6.42 Å². The fourth-order valence-electron chi connectivity index (χ4n) is 3.15. The Balaban J connectivity index is 1.50. The molecule has 2 aromatic rings. The Morgan fingerprint density at radius 1 is 1.28 bits per heavy atom. The number of H-pyrrole nitrogens is 1. The maximum absolute atomic E-state index is 12.5. The molecule has 1 aliphatic rings. The third-order valence-electron chi connectivity index (χ3n) is 4.44. The van der Waals surface area contributed by atoms with E-state index in [1.54, 1.807) is 22.1 Å². The molecule has 0 saturated carbocycles. The minimum absolute atomic E-state index is 0.0583. The number of nitrogens with one attached hydrogen (secondary N) is 1. The molecule has 3 heterocycles. The van der Waals surface area contributed by atoms with Crippen molar-refractivity contribution in [3.63, 3.8) is 0 Å². The number of hydrogen-bond donors (Lipinski definition) is 1. The van der Waals surface area contributed by atoms with Gasteiger partial charge < -0.3 is 4.90 Å².